The lowest BCUT2D eigenvalue weighted by Crippen LogP contribution is -2.59. The molecule has 0 saturated heterocycles. The summed E-state index contributed by atoms with van der Waals surface area (Å²) in [6.45, 7) is 6.76. The lowest BCUT2D eigenvalue weighted by molar-refractivity contribution is -0.151. The van der Waals surface area contributed by atoms with E-state index in [-0.39, 0.29) is 56.5 Å². The fourth-order valence-electron chi connectivity index (χ4n) is 5.78. The standard InChI is InChI=1S/C40H56FN11O6/c1-5-6-7-8-11-34(54)52(25(4)53)33(23-27-12-16-28(41)17-13-27)38(58)51-32(22-26-14-18-29(19-15-26)48-40(45)46)37(57)50-31(21-24(2)3)36(56)49-30(35(42)55)10-9-20-47-39(43)44/h5-8,12-19,24,30-33H,9-11,20-23H2,1-4H3,(H2,42,55)(H,49,56)(H,50,57)(H,51,58)(H4,43,44,47)(H4,45,46,48)/b6-5+,8-7+/t30-,31-,32-,33-/m0/s1. The van der Waals surface area contributed by atoms with Gasteiger partial charge in [0, 0.05) is 32.7 Å². The maximum absolute atomic E-state index is 14.4. The van der Waals surface area contributed by atoms with Gasteiger partial charge in [0.2, 0.25) is 35.4 Å². The number of nitrogens with one attached hydrogen (secondary N) is 3. The number of rotatable bonds is 22. The van der Waals surface area contributed by atoms with Gasteiger partial charge in [-0.05, 0) is 67.5 Å². The van der Waals surface area contributed by atoms with Gasteiger partial charge in [0.25, 0.3) is 0 Å². The van der Waals surface area contributed by atoms with Crippen molar-refractivity contribution in [3.63, 3.8) is 0 Å². The first-order valence-corrected chi connectivity index (χ1v) is 18.7. The summed E-state index contributed by atoms with van der Waals surface area (Å²) >= 11 is 0. The molecule has 2 aromatic carbocycles. The number of carbonyl (C=O) groups excluding carboxylic acids is 6. The molecular weight excluding hydrogens is 750 g/mol. The molecule has 0 aliphatic carbocycles. The van der Waals surface area contributed by atoms with Crippen LogP contribution < -0.4 is 44.6 Å². The first kappa shape index (κ1) is 47.6. The minimum absolute atomic E-state index is 0.112. The van der Waals surface area contributed by atoms with Gasteiger partial charge in [-0.3, -0.25) is 38.7 Å². The highest BCUT2D eigenvalue weighted by Crippen LogP contribution is 2.17. The Morgan fingerprint density at radius 1 is 0.759 bits per heavy atom. The summed E-state index contributed by atoms with van der Waals surface area (Å²) < 4.78 is 13.9. The number of allylic oxidation sites excluding steroid dienone is 3. The summed E-state index contributed by atoms with van der Waals surface area (Å²) in [5.41, 5.74) is 28.7. The summed E-state index contributed by atoms with van der Waals surface area (Å²) in [6, 6.07) is 6.48. The van der Waals surface area contributed by atoms with Crippen molar-refractivity contribution in [1.82, 2.24) is 20.9 Å². The third-order valence-corrected chi connectivity index (χ3v) is 8.51. The molecule has 314 valence electrons. The summed E-state index contributed by atoms with van der Waals surface area (Å²) in [5, 5.41) is 8.02. The molecule has 2 rings (SSSR count). The highest BCUT2D eigenvalue weighted by Gasteiger charge is 2.36. The Balaban J connectivity index is 2.57. The van der Waals surface area contributed by atoms with Gasteiger partial charge in [-0.15, -0.1) is 0 Å². The van der Waals surface area contributed by atoms with Gasteiger partial charge in [-0.1, -0.05) is 62.4 Å². The predicted molar refractivity (Wildman–Crippen MR) is 220 cm³/mol. The second-order valence-corrected chi connectivity index (χ2v) is 13.9. The maximum Gasteiger partial charge on any atom is 0.244 e. The molecule has 0 spiro atoms. The predicted octanol–water partition coefficient (Wildman–Crippen LogP) is 0.821. The molecule has 4 atom stereocenters. The molecule has 0 heterocycles. The molecule has 0 bridgehead atoms. The van der Waals surface area contributed by atoms with Crippen LogP contribution in [0.1, 0.15) is 64.5 Å². The lowest BCUT2D eigenvalue weighted by Gasteiger charge is -2.31. The average Bonchev–Trinajstić information content (AvgIpc) is 3.14. The van der Waals surface area contributed by atoms with Crippen molar-refractivity contribution in [1.29, 1.82) is 0 Å². The molecule has 58 heavy (non-hydrogen) atoms. The topological polar surface area (TPSA) is 297 Å². The van der Waals surface area contributed by atoms with Crippen LogP contribution in [-0.2, 0) is 41.6 Å². The van der Waals surface area contributed by atoms with Crippen LogP contribution in [0.15, 0.2) is 82.8 Å². The highest BCUT2D eigenvalue weighted by atomic mass is 19.1. The number of nitrogens with two attached hydrogens (primary N) is 5. The van der Waals surface area contributed by atoms with Crippen molar-refractivity contribution >= 4 is 53.0 Å². The van der Waals surface area contributed by atoms with E-state index < -0.39 is 65.4 Å². The van der Waals surface area contributed by atoms with Crippen molar-refractivity contribution in [2.24, 2.45) is 44.6 Å². The zero-order valence-corrected chi connectivity index (χ0v) is 33.3. The zero-order valence-electron chi connectivity index (χ0n) is 33.3. The summed E-state index contributed by atoms with van der Waals surface area (Å²) in [7, 11) is 0. The number of carbonyl (C=O) groups is 6. The number of aliphatic imine (C=N–C) groups is 2. The Labute approximate surface area is 337 Å². The number of benzene rings is 2. The smallest absolute Gasteiger partial charge is 0.244 e. The Kier molecular flexibility index (Phi) is 19.8. The Morgan fingerprint density at radius 3 is 1.88 bits per heavy atom. The van der Waals surface area contributed by atoms with Crippen molar-refractivity contribution in [2.75, 3.05) is 6.54 Å². The number of amides is 6. The maximum atomic E-state index is 14.4. The largest absolute Gasteiger partial charge is 0.370 e. The van der Waals surface area contributed by atoms with E-state index in [0.29, 0.717) is 23.2 Å². The fourth-order valence-corrected chi connectivity index (χ4v) is 5.78. The SMILES string of the molecule is C/C=C/C=C/CC(=O)N(C(C)=O)[C@@H](Cc1ccc(F)cc1)C(=O)N[C@@H](Cc1ccc(N=C(N)N)cc1)C(=O)N[C@@H](CC(C)C)C(=O)N[C@@H](CCCN=C(N)N)C(N)=O. The molecule has 18 heteroatoms. The van der Waals surface area contributed by atoms with Gasteiger partial charge < -0.3 is 44.6 Å². The first-order chi connectivity index (χ1) is 27.4. The van der Waals surface area contributed by atoms with Gasteiger partial charge >= 0.3 is 0 Å². The molecule has 0 aromatic heterocycles. The van der Waals surface area contributed by atoms with Crippen LogP contribution in [0.2, 0.25) is 0 Å². The van der Waals surface area contributed by atoms with E-state index in [1.807, 2.05) is 13.8 Å². The van der Waals surface area contributed by atoms with Gasteiger partial charge in [0.15, 0.2) is 11.9 Å². The molecule has 0 fully saturated rings. The Morgan fingerprint density at radius 2 is 1.33 bits per heavy atom. The van der Waals surface area contributed by atoms with Crippen LogP contribution >= 0.6 is 0 Å². The number of primary amides is 1. The Bertz CT molecular complexity index is 1840. The number of guanidine groups is 2. The van der Waals surface area contributed by atoms with Gasteiger partial charge in [0.05, 0.1) is 5.69 Å². The van der Waals surface area contributed by atoms with Gasteiger partial charge in [0.1, 0.15) is 30.0 Å². The molecule has 6 amide bonds. The quantitative estimate of drug-likeness (QED) is 0.0359. The summed E-state index contributed by atoms with van der Waals surface area (Å²) in [4.78, 5) is 89.8. The molecule has 17 nitrogen and oxygen atoms in total. The lowest BCUT2D eigenvalue weighted by atomic mass is 9.99. The van der Waals surface area contributed by atoms with E-state index in [4.69, 9.17) is 28.7 Å². The van der Waals surface area contributed by atoms with Crippen LogP contribution in [0.4, 0.5) is 10.1 Å². The van der Waals surface area contributed by atoms with E-state index in [9.17, 15) is 33.2 Å². The van der Waals surface area contributed by atoms with Crippen LogP contribution in [0, 0.1) is 11.7 Å². The van der Waals surface area contributed by atoms with Gasteiger partial charge in [-0.2, -0.15) is 0 Å². The van der Waals surface area contributed by atoms with Crippen LogP contribution in [0.25, 0.3) is 0 Å². The van der Waals surface area contributed by atoms with Gasteiger partial charge in [-0.25, -0.2) is 9.38 Å². The summed E-state index contributed by atoms with van der Waals surface area (Å²) in [6.07, 6.45) is 6.57. The molecule has 2 aromatic rings. The normalized spacial score (nSPS) is 13.2. The fraction of sp³-hybridized carbons (Fsp3) is 0.400. The number of hydrogen-bond donors (Lipinski definition) is 8. The van der Waals surface area contributed by atoms with Crippen LogP contribution in [-0.4, -0.2) is 83.0 Å². The highest BCUT2D eigenvalue weighted by molar-refractivity contribution is 6.01. The minimum Gasteiger partial charge on any atom is -0.370 e. The number of hydrogen-bond acceptors (Lipinski definition) is 8. The summed E-state index contributed by atoms with van der Waals surface area (Å²) in [5.74, 6) is -5.57. The zero-order chi connectivity index (χ0) is 43.4. The number of nitrogens with zero attached hydrogens (tertiary/aromatic N) is 3. The molecule has 0 unspecified atom stereocenters. The minimum atomic E-state index is -1.48. The van der Waals surface area contributed by atoms with E-state index in [1.54, 1.807) is 49.4 Å². The van der Waals surface area contributed by atoms with Crippen LogP contribution in [0.5, 0.6) is 0 Å². The molecular formula is C40H56FN11O6. The van der Waals surface area contributed by atoms with E-state index in [2.05, 4.69) is 25.9 Å². The van der Waals surface area contributed by atoms with Crippen molar-refractivity contribution in [3.05, 3.63) is 89.8 Å². The Hall–Kier alpha value is -6.59. The monoisotopic (exact) mass is 805 g/mol. The number of imide groups is 1. The van der Waals surface area contributed by atoms with E-state index in [0.717, 1.165) is 11.8 Å². The van der Waals surface area contributed by atoms with Crippen molar-refractivity contribution < 1.29 is 33.2 Å². The first-order valence-electron chi connectivity index (χ1n) is 18.7. The molecule has 0 saturated carbocycles. The van der Waals surface area contributed by atoms with Crippen LogP contribution in [0.3, 0.4) is 0 Å². The number of halogens is 1. The third-order valence-electron chi connectivity index (χ3n) is 8.51. The second kappa shape index (κ2) is 24.1. The third kappa shape index (κ3) is 17.1. The molecule has 0 radical (unpaired) electrons. The molecule has 0 aliphatic heterocycles. The second-order valence-electron chi connectivity index (χ2n) is 13.9. The van der Waals surface area contributed by atoms with Crippen molar-refractivity contribution in [3.8, 4) is 0 Å². The van der Waals surface area contributed by atoms with E-state index >= 15 is 0 Å². The molecule has 13 N–H and O–H groups in total. The average molecular weight is 806 g/mol. The van der Waals surface area contributed by atoms with E-state index in [1.165, 1.54) is 30.3 Å². The molecule has 0 aliphatic rings. The van der Waals surface area contributed by atoms with Crippen molar-refractivity contribution in [2.45, 2.75) is 90.4 Å².